The second kappa shape index (κ2) is 6.95. The number of H-pyrrole nitrogens is 1. The molecule has 0 saturated heterocycles. The number of carbonyl (C=O) groups excluding carboxylic acids is 1. The van der Waals surface area contributed by atoms with Crippen LogP contribution in [0.5, 0.6) is 11.5 Å². The maximum atomic E-state index is 11.7. The van der Waals surface area contributed by atoms with Gasteiger partial charge in [-0.1, -0.05) is 11.6 Å². The van der Waals surface area contributed by atoms with Gasteiger partial charge in [-0.2, -0.15) is 10.2 Å². The number of aromatic nitrogens is 2. The number of phenolic OH excluding ortho intramolecular Hbond substituents is 1. The Hall–Kier alpha value is -2.54. The highest BCUT2D eigenvalue weighted by Gasteiger charge is 2.09. The van der Waals surface area contributed by atoms with Crippen LogP contribution in [0.4, 0.5) is 0 Å². The molecule has 0 aliphatic heterocycles. The third-order valence-electron chi connectivity index (χ3n) is 2.67. The van der Waals surface area contributed by atoms with Gasteiger partial charge in [0.25, 0.3) is 5.91 Å². The number of nitrogens with one attached hydrogen (secondary N) is 2. The number of hydrogen-bond donors (Lipinski definition) is 3. The first kappa shape index (κ1) is 15.8. The molecule has 1 heterocycles. The summed E-state index contributed by atoms with van der Waals surface area (Å²) in [5, 5.41) is 20.2. The Bertz CT molecular complexity index is 712. The molecular weight excluding hydrogens is 308 g/mol. The number of aryl methyl sites for hydroxylation is 1. The predicted molar refractivity (Wildman–Crippen MR) is 82.7 cm³/mol. The summed E-state index contributed by atoms with van der Waals surface area (Å²) in [6.07, 6.45) is 1.39. The summed E-state index contributed by atoms with van der Waals surface area (Å²) in [7, 11) is 0. The number of ether oxygens (including phenoxy) is 1. The van der Waals surface area contributed by atoms with Gasteiger partial charge in [-0.3, -0.25) is 9.89 Å². The molecule has 1 aromatic carbocycles. The van der Waals surface area contributed by atoms with Gasteiger partial charge in [0, 0.05) is 5.69 Å². The van der Waals surface area contributed by atoms with E-state index in [1.54, 1.807) is 26.0 Å². The first-order valence-corrected chi connectivity index (χ1v) is 6.89. The molecule has 1 aromatic heterocycles. The van der Waals surface area contributed by atoms with Crippen molar-refractivity contribution in [1.29, 1.82) is 0 Å². The summed E-state index contributed by atoms with van der Waals surface area (Å²) >= 11 is 5.90. The van der Waals surface area contributed by atoms with Crippen molar-refractivity contribution in [3.8, 4) is 11.5 Å². The summed E-state index contributed by atoms with van der Waals surface area (Å²) < 4.78 is 5.26. The van der Waals surface area contributed by atoms with Crippen molar-refractivity contribution in [2.75, 3.05) is 6.61 Å². The Kier molecular flexibility index (Phi) is 5.00. The number of carbonyl (C=O) groups is 1. The van der Waals surface area contributed by atoms with Crippen LogP contribution in [0.2, 0.25) is 5.02 Å². The van der Waals surface area contributed by atoms with E-state index < -0.39 is 5.91 Å². The maximum Gasteiger partial charge on any atom is 0.291 e. The van der Waals surface area contributed by atoms with E-state index in [1.165, 1.54) is 12.3 Å². The number of nitrogens with zero attached hydrogens (tertiary/aromatic N) is 2. The molecule has 2 aromatic rings. The van der Waals surface area contributed by atoms with Crippen LogP contribution in [0.15, 0.2) is 23.3 Å². The normalized spacial score (nSPS) is 10.9. The van der Waals surface area contributed by atoms with Gasteiger partial charge in [-0.15, -0.1) is 0 Å². The third kappa shape index (κ3) is 3.76. The fraction of sp³-hybridized carbons (Fsp3) is 0.214. The summed E-state index contributed by atoms with van der Waals surface area (Å²) in [5.74, 6) is -0.307. The molecule has 0 spiro atoms. The van der Waals surface area contributed by atoms with Gasteiger partial charge >= 0.3 is 0 Å². The number of benzene rings is 1. The monoisotopic (exact) mass is 322 g/mol. The van der Waals surface area contributed by atoms with E-state index in [9.17, 15) is 9.90 Å². The fourth-order valence-corrected chi connectivity index (χ4v) is 1.91. The lowest BCUT2D eigenvalue weighted by molar-refractivity contribution is 0.0950. The van der Waals surface area contributed by atoms with E-state index in [-0.39, 0.29) is 22.2 Å². The van der Waals surface area contributed by atoms with Crippen molar-refractivity contribution < 1.29 is 14.6 Å². The minimum Gasteiger partial charge on any atom is -0.503 e. The Labute approximate surface area is 131 Å². The molecule has 0 fully saturated rings. The quantitative estimate of drug-likeness (QED) is 0.580. The first-order valence-electron chi connectivity index (χ1n) is 6.52. The predicted octanol–water partition coefficient (Wildman–Crippen LogP) is 2.24. The van der Waals surface area contributed by atoms with Crippen LogP contribution in [0.25, 0.3) is 0 Å². The number of rotatable bonds is 5. The smallest absolute Gasteiger partial charge is 0.291 e. The second-order valence-corrected chi connectivity index (χ2v) is 4.83. The zero-order valence-electron chi connectivity index (χ0n) is 12.1. The summed E-state index contributed by atoms with van der Waals surface area (Å²) in [5.41, 5.74) is 3.94. The molecule has 2 rings (SSSR count). The topological polar surface area (TPSA) is 99.6 Å². The first-order chi connectivity index (χ1) is 10.5. The molecule has 8 heteroatoms. The Morgan fingerprint density at radius 3 is 2.95 bits per heavy atom. The van der Waals surface area contributed by atoms with Gasteiger partial charge in [0.2, 0.25) is 0 Å². The zero-order valence-corrected chi connectivity index (χ0v) is 12.8. The van der Waals surface area contributed by atoms with Crippen LogP contribution in [0.3, 0.4) is 0 Å². The number of halogens is 1. The highest BCUT2D eigenvalue weighted by atomic mass is 35.5. The van der Waals surface area contributed by atoms with Gasteiger partial charge < -0.3 is 9.84 Å². The number of phenols is 1. The molecule has 0 atom stereocenters. The molecule has 22 heavy (non-hydrogen) atoms. The number of aromatic amines is 1. The van der Waals surface area contributed by atoms with E-state index in [4.69, 9.17) is 16.3 Å². The Balaban J connectivity index is 2.08. The molecule has 0 bridgehead atoms. The molecule has 3 N–H and O–H groups in total. The van der Waals surface area contributed by atoms with Crippen molar-refractivity contribution in [1.82, 2.24) is 15.6 Å². The van der Waals surface area contributed by atoms with Crippen molar-refractivity contribution in [3.05, 3.63) is 40.2 Å². The van der Waals surface area contributed by atoms with Gasteiger partial charge in [0.1, 0.15) is 0 Å². The standard InChI is InChI=1S/C14H15ClN4O3/c1-3-22-12-6-9(5-10(15)13(12)20)7-16-19-14(21)11-4-8(2)17-18-11/h4-7,20H,3H2,1-2H3,(H,17,18)(H,19,21)/b16-7-. The summed E-state index contributed by atoms with van der Waals surface area (Å²) in [6.45, 7) is 3.97. The van der Waals surface area contributed by atoms with Crippen molar-refractivity contribution in [2.45, 2.75) is 13.8 Å². The number of hydrogen-bond acceptors (Lipinski definition) is 5. The minimum absolute atomic E-state index is 0.128. The summed E-state index contributed by atoms with van der Waals surface area (Å²) in [4.78, 5) is 11.7. The van der Waals surface area contributed by atoms with Gasteiger partial charge in [-0.05, 0) is 37.6 Å². The molecule has 0 saturated carbocycles. The molecule has 0 aliphatic carbocycles. The molecule has 0 radical (unpaired) electrons. The third-order valence-corrected chi connectivity index (χ3v) is 2.96. The van der Waals surface area contributed by atoms with E-state index in [1.807, 2.05) is 0 Å². The average Bonchev–Trinajstić information content (AvgIpc) is 2.91. The number of aromatic hydroxyl groups is 1. The number of amides is 1. The van der Waals surface area contributed by atoms with Gasteiger partial charge in [-0.25, -0.2) is 5.43 Å². The zero-order chi connectivity index (χ0) is 16.1. The van der Waals surface area contributed by atoms with Crippen molar-refractivity contribution in [2.24, 2.45) is 5.10 Å². The van der Waals surface area contributed by atoms with Crippen LogP contribution >= 0.6 is 11.6 Å². The van der Waals surface area contributed by atoms with Gasteiger partial charge in [0.05, 0.1) is 17.8 Å². The fourth-order valence-electron chi connectivity index (χ4n) is 1.69. The molecule has 0 aliphatic rings. The molecule has 7 nitrogen and oxygen atoms in total. The molecule has 0 unspecified atom stereocenters. The highest BCUT2D eigenvalue weighted by molar-refractivity contribution is 6.32. The number of hydrazone groups is 1. The van der Waals surface area contributed by atoms with Gasteiger partial charge in [0.15, 0.2) is 17.2 Å². The van der Waals surface area contributed by atoms with E-state index in [0.717, 1.165) is 5.69 Å². The van der Waals surface area contributed by atoms with E-state index >= 15 is 0 Å². The van der Waals surface area contributed by atoms with Crippen molar-refractivity contribution in [3.63, 3.8) is 0 Å². The van der Waals surface area contributed by atoms with E-state index in [0.29, 0.717) is 12.2 Å². The van der Waals surface area contributed by atoms with Crippen LogP contribution in [0.1, 0.15) is 28.7 Å². The van der Waals surface area contributed by atoms with E-state index in [2.05, 4.69) is 20.7 Å². The summed E-state index contributed by atoms with van der Waals surface area (Å²) in [6, 6.07) is 4.68. The molecule has 1 amide bonds. The van der Waals surface area contributed by atoms with Crippen LogP contribution in [-0.4, -0.2) is 34.0 Å². The second-order valence-electron chi connectivity index (χ2n) is 4.42. The van der Waals surface area contributed by atoms with Crippen LogP contribution in [-0.2, 0) is 0 Å². The molecular formula is C14H15ClN4O3. The lowest BCUT2D eigenvalue weighted by Crippen LogP contribution is -2.18. The molecule has 116 valence electrons. The largest absolute Gasteiger partial charge is 0.503 e. The SMILES string of the molecule is CCOc1cc(/C=N\NC(=O)c2cc(C)[nH]n2)cc(Cl)c1O. The Morgan fingerprint density at radius 1 is 1.55 bits per heavy atom. The Morgan fingerprint density at radius 2 is 2.32 bits per heavy atom. The van der Waals surface area contributed by atoms with Crippen LogP contribution in [0, 0.1) is 6.92 Å². The highest BCUT2D eigenvalue weighted by Crippen LogP contribution is 2.34. The maximum absolute atomic E-state index is 11.7. The van der Waals surface area contributed by atoms with Crippen LogP contribution < -0.4 is 10.2 Å². The van der Waals surface area contributed by atoms with Crippen molar-refractivity contribution >= 4 is 23.7 Å². The average molecular weight is 323 g/mol. The lowest BCUT2D eigenvalue weighted by Gasteiger charge is -2.08. The lowest BCUT2D eigenvalue weighted by atomic mass is 10.2. The minimum atomic E-state index is -0.435.